The molecule has 0 spiro atoms. The Morgan fingerprint density at radius 3 is 3.17 bits per heavy atom. The maximum absolute atomic E-state index is 3.40. The van der Waals surface area contributed by atoms with E-state index >= 15 is 0 Å². The lowest BCUT2D eigenvalue weighted by molar-refractivity contribution is 0.675. The number of allylic oxidation sites excluding steroid dienone is 1. The summed E-state index contributed by atoms with van der Waals surface area (Å²) >= 11 is 0. The molecule has 0 amide bonds. The summed E-state index contributed by atoms with van der Waals surface area (Å²) < 4.78 is 0. The van der Waals surface area contributed by atoms with Crippen molar-refractivity contribution in [3.05, 3.63) is 23.4 Å². The van der Waals surface area contributed by atoms with E-state index in [0.717, 1.165) is 13.1 Å². The molecule has 1 aliphatic rings. The molecule has 0 unspecified atom stereocenters. The van der Waals surface area contributed by atoms with Crippen LogP contribution in [0.1, 0.15) is 19.8 Å². The second-order valence-corrected chi connectivity index (χ2v) is 3.16. The van der Waals surface area contributed by atoms with Crippen LogP contribution < -0.4 is 10.6 Å². The summed E-state index contributed by atoms with van der Waals surface area (Å²) in [5.74, 6) is 0. The molecule has 0 saturated carbocycles. The van der Waals surface area contributed by atoms with Crippen molar-refractivity contribution >= 4 is 0 Å². The predicted octanol–water partition coefficient (Wildman–Crippen LogP) is 1.42. The van der Waals surface area contributed by atoms with E-state index < -0.39 is 0 Å². The highest BCUT2D eigenvalue weighted by Crippen LogP contribution is 2.11. The Morgan fingerprint density at radius 2 is 2.42 bits per heavy atom. The molecule has 2 heteroatoms. The molecule has 12 heavy (non-hydrogen) atoms. The van der Waals surface area contributed by atoms with Crippen LogP contribution in [0.25, 0.3) is 0 Å². The number of rotatable bonds is 1. The standard InChI is InChI=1S/C10H18N2/c1-9-5-3-4-6-12-8-10(9)7-11-2/h5,7,11-12H,3-4,6,8H2,1-2H3. The van der Waals surface area contributed by atoms with Gasteiger partial charge in [0.25, 0.3) is 0 Å². The fourth-order valence-electron chi connectivity index (χ4n) is 1.38. The van der Waals surface area contributed by atoms with Crippen LogP contribution in [0.15, 0.2) is 23.4 Å². The van der Waals surface area contributed by atoms with Gasteiger partial charge in [-0.25, -0.2) is 0 Å². The van der Waals surface area contributed by atoms with Gasteiger partial charge >= 0.3 is 0 Å². The lowest BCUT2D eigenvalue weighted by Crippen LogP contribution is -2.21. The van der Waals surface area contributed by atoms with Crippen molar-refractivity contribution in [1.29, 1.82) is 0 Å². The number of hydrogen-bond acceptors (Lipinski definition) is 2. The first-order valence-corrected chi connectivity index (χ1v) is 4.58. The average Bonchev–Trinajstić information content (AvgIpc) is 2.05. The smallest absolute Gasteiger partial charge is 0.0222 e. The second-order valence-electron chi connectivity index (χ2n) is 3.16. The second kappa shape index (κ2) is 4.99. The van der Waals surface area contributed by atoms with E-state index in [1.165, 1.54) is 24.0 Å². The van der Waals surface area contributed by atoms with Crippen molar-refractivity contribution in [2.75, 3.05) is 20.1 Å². The molecule has 1 heterocycles. The Labute approximate surface area is 74.7 Å². The van der Waals surface area contributed by atoms with E-state index in [2.05, 4.69) is 29.8 Å². The Morgan fingerprint density at radius 1 is 1.58 bits per heavy atom. The highest BCUT2D eigenvalue weighted by atomic mass is 14.9. The summed E-state index contributed by atoms with van der Waals surface area (Å²) in [4.78, 5) is 0. The van der Waals surface area contributed by atoms with Gasteiger partial charge in [-0.2, -0.15) is 0 Å². The van der Waals surface area contributed by atoms with Crippen LogP contribution in [0, 0.1) is 0 Å². The minimum atomic E-state index is 0.989. The van der Waals surface area contributed by atoms with Gasteiger partial charge < -0.3 is 10.6 Å². The maximum Gasteiger partial charge on any atom is 0.0222 e. The zero-order valence-corrected chi connectivity index (χ0v) is 7.98. The minimum absolute atomic E-state index is 0.989. The lowest BCUT2D eigenvalue weighted by atomic mass is 10.1. The molecule has 0 aromatic carbocycles. The summed E-state index contributed by atoms with van der Waals surface area (Å²) in [6.07, 6.45) is 6.85. The fourth-order valence-corrected chi connectivity index (χ4v) is 1.38. The van der Waals surface area contributed by atoms with E-state index in [1.807, 2.05) is 7.05 Å². The summed E-state index contributed by atoms with van der Waals surface area (Å²) in [6, 6.07) is 0. The molecule has 0 atom stereocenters. The first-order valence-electron chi connectivity index (χ1n) is 4.58. The number of hydrogen-bond donors (Lipinski definition) is 2. The van der Waals surface area contributed by atoms with Crippen LogP contribution in [0.3, 0.4) is 0 Å². The van der Waals surface area contributed by atoms with Gasteiger partial charge in [0, 0.05) is 19.8 Å². The largest absolute Gasteiger partial charge is 0.394 e. The van der Waals surface area contributed by atoms with Crippen LogP contribution >= 0.6 is 0 Å². The Balaban J connectivity index is 2.66. The maximum atomic E-state index is 3.40. The van der Waals surface area contributed by atoms with E-state index in [4.69, 9.17) is 0 Å². The molecule has 0 radical (unpaired) electrons. The van der Waals surface area contributed by atoms with Gasteiger partial charge in [0.15, 0.2) is 0 Å². The van der Waals surface area contributed by atoms with Gasteiger partial charge in [0.05, 0.1) is 0 Å². The Kier molecular flexibility index (Phi) is 3.88. The molecule has 68 valence electrons. The van der Waals surface area contributed by atoms with Crippen molar-refractivity contribution in [3.8, 4) is 0 Å². The summed E-state index contributed by atoms with van der Waals surface area (Å²) in [6.45, 7) is 4.30. The van der Waals surface area contributed by atoms with Gasteiger partial charge in [-0.1, -0.05) is 6.08 Å². The zero-order chi connectivity index (χ0) is 8.81. The zero-order valence-electron chi connectivity index (χ0n) is 7.98. The topological polar surface area (TPSA) is 24.1 Å². The summed E-state index contributed by atoms with van der Waals surface area (Å²) in [7, 11) is 1.94. The van der Waals surface area contributed by atoms with Gasteiger partial charge in [-0.05, 0) is 37.5 Å². The van der Waals surface area contributed by atoms with Crippen molar-refractivity contribution in [2.45, 2.75) is 19.8 Å². The van der Waals surface area contributed by atoms with E-state index in [0.29, 0.717) is 0 Å². The fraction of sp³-hybridized carbons (Fsp3) is 0.600. The molecule has 0 aliphatic carbocycles. The normalized spacial score (nSPS) is 22.8. The first-order chi connectivity index (χ1) is 5.84. The first kappa shape index (κ1) is 9.33. The molecule has 0 fully saturated rings. The van der Waals surface area contributed by atoms with Crippen LogP contribution in [-0.2, 0) is 0 Å². The van der Waals surface area contributed by atoms with E-state index in [9.17, 15) is 0 Å². The number of nitrogens with one attached hydrogen (secondary N) is 2. The van der Waals surface area contributed by atoms with Crippen LogP contribution in [0.5, 0.6) is 0 Å². The molecular weight excluding hydrogens is 148 g/mol. The highest BCUT2D eigenvalue weighted by Gasteiger charge is 2.01. The quantitative estimate of drug-likeness (QED) is 0.615. The molecule has 0 saturated heterocycles. The van der Waals surface area contributed by atoms with E-state index in [-0.39, 0.29) is 0 Å². The predicted molar refractivity (Wildman–Crippen MR) is 53.0 cm³/mol. The third-order valence-corrected chi connectivity index (χ3v) is 2.15. The summed E-state index contributed by atoms with van der Waals surface area (Å²) in [5, 5.41) is 6.48. The van der Waals surface area contributed by atoms with Gasteiger partial charge in [0.2, 0.25) is 0 Å². The minimum Gasteiger partial charge on any atom is -0.394 e. The third kappa shape index (κ3) is 2.70. The lowest BCUT2D eigenvalue weighted by Gasteiger charge is -2.13. The molecule has 0 bridgehead atoms. The average molecular weight is 166 g/mol. The summed E-state index contributed by atoms with van der Waals surface area (Å²) in [5.41, 5.74) is 2.77. The Bertz CT molecular complexity index is 192. The molecule has 2 nitrogen and oxygen atoms in total. The highest BCUT2D eigenvalue weighted by molar-refractivity contribution is 5.30. The molecule has 1 aliphatic heterocycles. The molecule has 0 aromatic rings. The van der Waals surface area contributed by atoms with Crippen molar-refractivity contribution in [1.82, 2.24) is 10.6 Å². The van der Waals surface area contributed by atoms with Crippen LogP contribution in [-0.4, -0.2) is 20.1 Å². The van der Waals surface area contributed by atoms with Crippen molar-refractivity contribution < 1.29 is 0 Å². The third-order valence-electron chi connectivity index (χ3n) is 2.15. The van der Waals surface area contributed by atoms with Crippen LogP contribution in [0.4, 0.5) is 0 Å². The van der Waals surface area contributed by atoms with Crippen molar-refractivity contribution in [3.63, 3.8) is 0 Å². The van der Waals surface area contributed by atoms with Crippen molar-refractivity contribution in [2.24, 2.45) is 0 Å². The van der Waals surface area contributed by atoms with Crippen LogP contribution in [0.2, 0.25) is 0 Å². The Hall–Kier alpha value is -0.760. The van der Waals surface area contributed by atoms with E-state index in [1.54, 1.807) is 0 Å². The SMILES string of the molecule is CNC=C1CNCCCC=C1C. The molecule has 2 N–H and O–H groups in total. The van der Waals surface area contributed by atoms with Gasteiger partial charge in [-0.15, -0.1) is 0 Å². The molecular formula is C10H18N2. The van der Waals surface area contributed by atoms with Gasteiger partial charge in [0.1, 0.15) is 0 Å². The molecule has 1 rings (SSSR count). The molecule has 0 aromatic heterocycles. The van der Waals surface area contributed by atoms with Gasteiger partial charge in [-0.3, -0.25) is 0 Å². The monoisotopic (exact) mass is 166 g/mol.